The van der Waals surface area contributed by atoms with Crippen molar-refractivity contribution in [3.63, 3.8) is 0 Å². The molecule has 1 amide bonds. The SMILES string of the molecule is Cc1cc2c(cc1Cc1ccc(C(=O)NCCCN3CCCCC3C)o1)C(C)(C)CCC2(C)C. The summed E-state index contributed by atoms with van der Waals surface area (Å²) in [6, 6.07) is 9.23. The van der Waals surface area contributed by atoms with Crippen LogP contribution in [0.25, 0.3) is 0 Å². The van der Waals surface area contributed by atoms with Crippen molar-refractivity contribution in [1.29, 1.82) is 0 Å². The van der Waals surface area contributed by atoms with Gasteiger partial charge in [0.25, 0.3) is 5.91 Å². The third-order valence-corrected chi connectivity index (χ3v) is 8.41. The van der Waals surface area contributed by atoms with Gasteiger partial charge in [0.15, 0.2) is 5.76 Å². The van der Waals surface area contributed by atoms with Gasteiger partial charge in [0, 0.05) is 25.6 Å². The third-order valence-electron chi connectivity index (χ3n) is 8.41. The first-order valence-corrected chi connectivity index (χ1v) is 13.3. The van der Waals surface area contributed by atoms with E-state index in [0.717, 1.165) is 25.1 Å². The van der Waals surface area contributed by atoms with Crippen LogP contribution in [0, 0.1) is 6.92 Å². The number of nitrogens with zero attached hydrogens (tertiary/aromatic N) is 1. The van der Waals surface area contributed by atoms with Gasteiger partial charge in [-0.2, -0.15) is 0 Å². The van der Waals surface area contributed by atoms with E-state index in [1.54, 1.807) is 0 Å². The molecular weight excluding hydrogens is 420 g/mol. The molecule has 1 fully saturated rings. The number of piperidine rings is 1. The Bertz CT molecular complexity index is 1020. The van der Waals surface area contributed by atoms with E-state index >= 15 is 0 Å². The molecule has 1 aliphatic heterocycles. The molecule has 34 heavy (non-hydrogen) atoms. The molecule has 0 saturated carbocycles. The number of fused-ring (bicyclic) bond motifs is 1. The summed E-state index contributed by atoms with van der Waals surface area (Å²) >= 11 is 0. The molecule has 2 aliphatic rings. The standard InChI is InChI=1S/C30H44N2O2/c1-21-18-25-26(30(5,6)14-13-29(25,3)4)20-23(21)19-24-11-12-27(34-24)28(33)31-15-9-17-32-16-8-7-10-22(32)2/h11-12,18,20,22H,7-10,13-17,19H2,1-6H3,(H,31,33). The minimum atomic E-state index is -0.108. The van der Waals surface area contributed by atoms with E-state index in [0.29, 0.717) is 18.3 Å². The van der Waals surface area contributed by atoms with Crippen molar-refractivity contribution >= 4 is 5.91 Å². The summed E-state index contributed by atoms with van der Waals surface area (Å²) < 4.78 is 5.98. The number of likely N-dealkylation sites (tertiary alicyclic amines) is 1. The Kier molecular flexibility index (Phi) is 7.28. The molecule has 1 aromatic carbocycles. The zero-order valence-electron chi connectivity index (χ0n) is 22.2. The maximum atomic E-state index is 12.6. The fourth-order valence-electron chi connectivity index (χ4n) is 5.80. The van der Waals surface area contributed by atoms with E-state index < -0.39 is 0 Å². The fourth-order valence-corrected chi connectivity index (χ4v) is 5.80. The van der Waals surface area contributed by atoms with Gasteiger partial charge in [0.05, 0.1) is 0 Å². The van der Waals surface area contributed by atoms with Crippen LogP contribution in [0.4, 0.5) is 0 Å². The van der Waals surface area contributed by atoms with E-state index in [1.165, 1.54) is 60.9 Å². The lowest BCUT2D eigenvalue weighted by atomic mass is 9.62. The molecule has 1 aromatic heterocycles. The van der Waals surface area contributed by atoms with E-state index in [-0.39, 0.29) is 16.7 Å². The van der Waals surface area contributed by atoms with Crippen molar-refractivity contribution in [2.75, 3.05) is 19.6 Å². The Balaban J connectivity index is 1.37. The molecule has 1 unspecified atom stereocenters. The lowest BCUT2D eigenvalue weighted by Crippen LogP contribution is -2.39. The zero-order valence-corrected chi connectivity index (χ0v) is 22.2. The van der Waals surface area contributed by atoms with E-state index in [1.807, 2.05) is 12.1 Å². The van der Waals surface area contributed by atoms with Gasteiger partial charge < -0.3 is 14.6 Å². The summed E-state index contributed by atoms with van der Waals surface area (Å²) in [6.45, 7) is 16.9. The van der Waals surface area contributed by atoms with E-state index in [9.17, 15) is 4.79 Å². The summed E-state index contributed by atoms with van der Waals surface area (Å²) in [5, 5.41) is 3.04. The van der Waals surface area contributed by atoms with E-state index in [2.05, 4.69) is 63.9 Å². The highest BCUT2D eigenvalue weighted by molar-refractivity contribution is 5.91. The molecule has 4 heteroatoms. The molecule has 1 N–H and O–H groups in total. The number of benzene rings is 1. The molecule has 1 atom stereocenters. The predicted molar refractivity (Wildman–Crippen MR) is 140 cm³/mol. The largest absolute Gasteiger partial charge is 0.456 e. The Labute approximate surface area is 206 Å². The quantitative estimate of drug-likeness (QED) is 0.474. The first kappa shape index (κ1) is 25.0. The number of amides is 1. The molecule has 1 aliphatic carbocycles. The summed E-state index contributed by atoms with van der Waals surface area (Å²) in [7, 11) is 0. The van der Waals surface area contributed by atoms with Crippen molar-refractivity contribution in [3.8, 4) is 0 Å². The first-order chi connectivity index (χ1) is 16.1. The van der Waals surface area contributed by atoms with Crippen LogP contribution in [0.5, 0.6) is 0 Å². The normalized spacial score (nSPS) is 21.8. The average Bonchev–Trinajstić information content (AvgIpc) is 3.25. The Hall–Kier alpha value is -2.07. The van der Waals surface area contributed by atoms with Crippen molar-refractivity contribution in [2.45, 2.75) is 103 Å². The van der Waals surface area contributed by atoms with Gasteiger partial charge in [-0.3, -0.25) is 4.79 Å². The van der Waals surface area contributed by atoms with Crippen LogP contribution in [0.15, 0.2) is 28.7 Å². The van der Waals surface area contributed by atoms with Gasteiger partial charge in [-0.25, -0.2) is 0 Å². The molecule has 0 bridgehead atoms. The number of carbonyl (C=O) groups is 1. The summed E-state index contributed by atoms with van der Waals surface area (Å²) in [6.07, 6.45) is 8.05. The predicted octanol–water partition coefficient (Wildman–Crippen LogP) is 6.52. The van der Waals surface area contributed by atoms with Crippen molar-refractivity contribution in [1.82, 2.24) is 10.2 Å². The van der Waals surface area contributed by atoms with Crippen LogP contribution >= 0.6 is 0 Å². The van der Waals surface area contributed by atoms with Crippen LogP contribution in [-0.4, -0.2) is 36.5 Å². The van der Waals surface area contributed by atoms with E-state index in [4.69, 9.17) is 4.42 Å². The molecule has 1 saturated heterocycles. The molecule has 4 rings (SSSR count). The average molecular weight is 465 g/mol. The minimum absolute atomic E-state index is 0.108. The van der Waals surface area contributed by atoms with Gasteiger partial charge in [0.2, 0.25) is 0 Å². The van der Waals surface area contributed by atoms with Crippen LogP contribution in [-0.2, 0) is 17.3 Å². The molecule has 186 valence electrons. The molecular formula is C30H44N2O2. The lowest BCUT2D eigenvalue weighted by Gasteiger charge is -2.42. The van der Waals surface area contributed by atoms with Gasteiger partial charge in [0.1, 0.15) is 5.76 Å². The minimum Gasteiger partial charge on any atom is -0.456 e. The number of hydrogen-bond acceptors (Lipinski definition) is 3. The van der Waals surface area contributed by atoms with Crippen molar-refractivity contribution in [2.24, 2.45) is 0 Å². The van der Waals surface area contributed by atoms with Crippen LogP contribution in [0.2, 0.25) is 0 Å². The maximum Gasteiger partial charge on any atom is 0.286 e. The zero-order chi connectivity index (χ0) is 24.5. The van der Waals surface area contributed by atoms with Gasteiger partial charge in [-0.05, 0) is 97.7 Å². The van der Waals surface area contributed by atoms with Crippen molar-refractivity contribution in [3.05, 3.63) is 58.0 Å². The number of nitrogens with one attached hydrogen (secondary N) is 1. The molecule has 2 aromatic rings. The molecule has 0 spiro atoms. The van der Waals surface area contributed by atoms with Crippen molar-refractivity contribution < 1.29 is 9.21 Å². The number of rotatable bonds is 7. The summed E-state index contributed by atoms with van der Waals surface area (Å²) in [5.74, 6) is 1.16. The second-order valence-corrected chi connectivity index (χ2v) is 12.0. The Morgan fingerprint density at radius 2 is 1.79 bits per heavy atom. The second-order valence-electron chi connectivity index (χ2n) is 12.0. The number of carbonyl (C=O) groups excluding carboxylic acids is 1. The number of aryl methyl sites for hydroxylation is 1. The highest BCUT2D eigenvalue weighted by atomic mass is 16.3. The van der Waals surface area contributed by atoms with Gasteiger partial charge in [-0.15, -0.1) is 0 Å². The molecule has 4 nitrogen and oxygen atoms in total. The monoisotopic (exact) mass is 464 g/mol. The lowest BCUT2D eigenvalue weighted by molar-refractivity contribution is 0.0919. The van der Waals surface area contributed by atoms with Gasteiger partial charge >= 0.3 is 0 Å². The summed E-state index contributed by atoms with van der Waals surface area (Å²) in [5.41, 5.74) is 5.96. The Morgan fingerprint density at radius 1 is 1.09 bits per heavy atom. The van der Waals surface area contributed by atoms with Crippen LogP contribution in [0.3, 0.4) is 0 Å². The highest BCUT2D eigenvalue weighted by Crippen LogP contribution is 2.46. The molecule has 2 heterocycles. The first-order valence-electron chi connectivity index (χ1n) is 13.3. The van der Waals surface area contributed by atoms with Crippen LogP contribution in [0.1, 0.15) is 112 Å². The highest BCUT2D eigenvalue weighted by Gasteiger charge is 2.37. The summed E-state index contributed by atoms with van der Waals surface area (Å²) in [4.78, 5) is 15.2. The Morgan fingerprint density at radius 3 is 2.50 bits per heavy atom. The maximum absolute atomic E-state index is 12.6. The van der Waals surface area contributed by atoms with Gasteiger partial charge in [-0.1, -0.05) is 46.2 Å². The molecule has 0 radical (unpaired) electrons. The number of hydrogen-bond donors (Lipinski definition) is 1. The topological polar surface area (TPSA) is 45.5 Å². The number of furan rings is 1. The third kappa shape index (κ3) is 5.43. The van der Waals surface area contributed by atoms with Crippen LogP contribution < -0.4 is 5.32 Å². The second kappa shape index (κ2) is 9.89. The fraction of sp³-hybridized carbons (Fsp3) is 0.633. The smallest absolute Gasteiger partial charge is 0.286 e.